The van der Waals surface area contributed by atoms with Crippen LogP contribution in [-0.4, -0.2) is 31.6 Å². The maximum Gasteiger partial charge on any atom is 0.252 e. The Labute approximate surface area is 112 Å². The Balaban J connectivity index is 2.23. The summed E-state index contributed by atoms with van der Waals surface area (Å²) in [5.74, 6) is 0.0425. The molecule has 1 aromatic rings. The van der Waals surface area contributed by atoms with Gasteiger partial charge in [0.25, 0.3) is 10.0 Å². The molecule has 0 amide bonds. The molecule has 0 aromatic carbocycles. The van der Waals surface area contributed by atoms with Gasteiger partial charge in [-0.05, 0) is 25.5 Å². The number of aryl methyl sites for hydroxylation is 1. The second-order valence-electron chi connectivity index (χ2n) is 4.55. The van der Waals surface area contributed by atoms with E-state index in [4.69, 9.17) is 0 Å². The molecule has 1 saturated heterocycles. The molecule has 6 heteroatoms. The Morgan fingerprint density at radius 1 is 1.44 bits per heavy atom. The Morgan fingerprint density at radius 2 is 2.17 bits per heavy atom. The molecular formula is C12H17NO3S2. The third-order valence-electron chi connectivity index (χ3n) is 3.29. The first-order valence-electron chi connectivity index (χ1n) is 6.04. The first-order chi connectivity index (χ1) is 8.45. The summed E-state index contributed by atoms with van der Waals surface area (Å²) < 4.78 is 26.6. The summed E-state index contributed by atoms with van der Waals surface area (Å²) in [4.78, 5) is 12.6. The van der Waals surface area contributed by atoms with Crippen LogP contribution in [0.25, 0.3) is 0 Å². The second-order valence-corrected chi connectivity index (χ2v) is 8.00. The summed E-state index contributed by atoms with van der Waals surface area (Å²) in [6.07, 6.45) is 1.04. The van der Waals surface area contributed by atoms with Gasteiger partial charge in [0.1, 0.15) is 9.99 Å². The summed E-state index contributed by atoms with van der Waals surface area (Å²) in [6, 6.07) is 3.46. The maximum atomic E-state index is 12.4. The zero-order chi connectivity index (χ0) is 13.3. The van der Waals surface area contributed by atoms with Crippen molar-refractivity contribution in [2.75, 3.05) is 13.1 Å². The van der Waals surface area contributed by atoms with E-state index in [0.717, 1.165) is 4.88 Å². The topological polar surface area (TPSA) is 54.5 Å². The maximum absolute atomic E-state index is 12.4. The number of hydrogen-bond donors (Lipinski definition) is 0. The van der Waals surface area contributed by atoms with Crippen LogP contribution in [-0.2, 0) is 14.8 Å². The number of carbonyl (C=O) groups is 1. The van der Waals surface area contributed by atoms with Crippen LogP contribution in [0.5, 0.6) is 0 Å². The lowest BCUT2D eigenvalue weighted by Crippen LogP contribution is -2.43. The molecule has 1 unspecified atom stereocenters. The highest BCUT2D eigenvalue weighted by atomic mass is 32.2. The average molecular weight is 287 g/mol. The molecule has 1 atom stereocenters. The van der Waals surface area contributed by atoms with Crippen LogP contribution in [0.15, 0.2) is 16.3 Å². The summed E-state index contributed by atoms with van der Waals surface area (Å²) in [5.41, 5.74) is 0. The average Bonchev–Trinajstić information content (AvgIpc) is 2.77. The van der Waals surface area contributed by atoms with Crippen LogP contribution in [0.3, 0.4) is 0 Å². The summed E-state index contributed by atoms with van der Waals surface area (Å²) in [6.45, 7) is 4.45. The predicted octanol–water partition coefficient (Wildman–Crippen LogP) is 2.05. The fourth-order valence-electron chi connectivity index (χ4n) is 2.13. The van der Waals surface area contributed by atoms with Gasteiger partial charge in [0.15, 0.2) is 0 Å². The Kier molecular flexibility index (Phi) is 3.89. The molecule has 4 nitrogen and oxygen atoms in total. The molecule has 2 heterocycles. The van der Waals surface area contributed by atoms with Gasteiger partial charge in [-0.1, -0.05) is 6.92 Å². The van der Waals surface area contributed by atoms with Crippen LogP contribution >= 0.6 is 11.3 Å². The minimum Gasteiger partial charge on any atom is -0.299 e. The lowest BCUT2D eigenvalue weighted by atomic mass is 9.96. The van der Waals surface area contributed by atoms with Crippen molar-refractivity contribution in [1.29, 1.82) is 0 Å². The highest BCUT2D eigenvalue weighted by molar-refractivity contribution is 7.91. The smallest absolute Gasteiger partial charge is 0.252 e. The van der Waals surface area contributed by atoms with Crippen LogP contribution in [0, 0.1) is 12.8 Å². The molecule has 18 heavy (non-hydrogen) atoms. The molecule has 1 aromatic heterocycles. The van der Waals surface area contributed by atoms with Gasteiger partial charge in [0.05, 0.1) is 0 Å². The zero-order valence-corrected chi connectivity index (χ0v) is 12.2. The van der Waals surface area contributed by atoms with Crippen molar-refractivity contribution in [3.8, 4) is 0 Å². The fraction of sp³-hybridized carbons (Fsp3) is 0.583. The number of sulfonamides is 1. The monoisotopic (exact) mass is 287 g/mol. The van der Waals surface area contributed by atoms with Crippen molar-refractivity contribution < 1.29 is 13.2 Å². The van der Waals surface area contributed by atoms with Crippen molar-refractivity contribution in [1.82, 2.24) is 4.31 Å². The molecule has 2 rings (SSSR count). The number of nitrogens with zero attached hydrogens (tertiary/aromatic N) is 1. The van der Waals surface area contributed by atoms with E-state index in [1.807, 2.05) is 19.9 Å². The number of ketones is 1. The Hall–Kier alpha value is -0.720. The quantitative estimate of drug-likeness (QED) is 0.855. The van der Waals surface area contributed by atoms with Gasteiger partial charge in [-0.3, -0.25) is 4.79 Å². The van der Waals surface area contributed by atoms with Crippen molar-refractivity contribution in [3.63, 3.8) is 0 Å². The number of thiophene rings is 1. The first kappa shape index (κ1) is 13.7. The highest BCUT2D eigenvalue weighted by Crippen LogP contribution is 2.27. The van der Waals surface area contributed by atoms with Gasteiger partial charge >= 0.3 is 0 Å². The molecule has 0 bridgehead atoms. The minimum atomic E-state index is -3.41. The Bertz CT molecular complexity index is 547. The molecule has 0 N–H and O–H groups in total. The third kappa shape index (κ3) is 2.50. The lowest BCUT2D eigenvalue weighted by molar-refractivity contribution is -0.125. The molecule has 0 aliphatic carbocycles. The van der Waals surface area contributed by atoms with Crippen LogP contribution in [0.4, 0.5) is 0 Å². The molecule has 1 aliphatic rings. The number of rotatable bonds is 3. The number of carbonyl (C=O) groups excluding carboxylic acids is 1. The van der Waals surface area contributed by atoms with Gasteiger partial charge in [0, 0.05) is 30.3 Å². The van der Waals surface area contributed by atoms with E-state index in [0.29, 0.717) is 30.1 Å². The van der Waals surface area contributed by atoms with E-state index in [9.17, 15) is 13.2 Å². The third-order valence-corrected chi connectivity index (χ3v) is 6.62. The molecule has 0 radical (unpaired) electrons. The van der Waals surface area contributed by atoms with E-state index in [1.54, 1.807) is 6.07 Å². The van der Waals surface area contributed by atoms with E-state index >= 15 is 0 Å². The van der Waals surface area contributed by atoms with Crippen LogP contribution in [0.2, 0.25) is 0 Å². The summed E-state index contributed by atoms with van der Waals surface area (Å²) in [5, 5.41) is 0. The van der Waals surface area contributed by atoms with E-state index in [2.05, 4.69) is 0 Å². The number of hydrogen-bond acceptors (Lipinski definition) is 4. The van der Waals surface area contributed by atoms with E-state index in [-0.39, 0.29) is 11.7 Å². The highest BCUT2D eigenvalue weighted by Gasteiger charge is 2.34. The van der Waals surface area contributed by atoms with Crippen LogP contribution in [0.1, 0.15) is 24.6 Å². The van der Waals surface area contributed by atoms with Crippen molar-refractivity contribution in [3.05, 3.63) is 17.0 Å². The number of Topliss-reactive ketones (excluding diaryl/α,β-unsaturated/α-hetero) is 1. The molecule has 1 fully saturated rings. The molecular weight excluding hydrogens is 270 g/mol. The summed E-state index contributed by atoms with van der Waals surface area (Å²) >= 11 is 1.28. The zero-order valence-electron chi connectivity index (χ0n) is 10.5. The Morgan fingerprint density at radius 3 is 2.72 bits per heavy atom. The molecule has 100 valence electrons. The van der Waals surface area contributed by atoms with Crippen LogP contribution < -0.4 is 0 Å². The van der Waals surface area contributed by atoms with E-state index in [1.165, 1.54) is 15.6 Å². The number of piperidine rings is 1. The lowest BCUT2D eigenvalue weighted by Gasteiger charge is -2.29. The normalized spacial score (nSPS) is 22.3. The van der Waals surface area contributed by atoms with Gasteiger partial charge in [-0.25, -0.2) is 8.42 Å². The van der Waals surface area contributed by atoms with Gasteiger partial charge in [0.2, 0.25) is 0 Å². The van der Waals surface area contributed by atoms with Crippen molar-refractivity contribution in [2.45, 2.75) is 30.9 Å². The SMILES string of the molecule is CCC1CN(S(=O)(=O)c2ccc(C)s2)CCC1=O. The second kappa shape index (κ2) is 5.11. The standard InChI is InChI=1S/C12H17NO3S2/c1-3-10-8-13(7-6-11(10)14)18(15,16)12-5-4-9(2)17-12/h4-5,10H,3,6-8H2,1-2H3. The summed E-state index contributed by atoms with van der Waals surface area (Å²) in [7, 11) is -3.41. The van der Waals surface area contributed by atoms with E-state index < -0.39 is 10.0 Å². The van der Waals surface area contributed by atoms with Crippen molar-refractivity contribution in [2.24, 2.45) is 5.92 Å². The molecule has 0 saturated carbocycles. The van der Waals surface area contributed by atoms with Gasteiger partial charge < -0.3 is 0 Å². The minimum absolute atomic E-state index is 0.144. The largest absolute Gasteiger partial charge is 0.299 e. The van der Waals surface area contributed by atoms with Crippen molar-refractivity contribution >= 4 is 27.1 Å². The van der Waals surface area contributed by atoms with Gasteiger partial charge in [-0.15, -0.1) is 11.3 Å². The first-order valence-corrected chi connectivity index (χ1v) is 8.30. The molecule has 1 aliphatic heterocycles. The fourth-order valence-corrected chi connectivity index (χ4v) is 5.05. The van der Waals surface area contributed by atoms with Gasteiger partial charge in [-0.2, -0.15) is 4.31 Å². The molecule has 0 spiro atoms. The predicted molar refractivity (Wildman–Crippen MR) is 71.2 cm³/mol.